The van der Waals surface area contributed by atoms with Crippen molar-refractivity contribution in [1.82, 2.24) is 0 Å². The number of phenols is 4. The van der Waals surface area contributed by atoms with Crippen molar-refractivity contribution in [2.45, 2.75) is 117 Å². The number of methoxy groups -OCH3 is 2. The Morgan fingerprint density at radius 1 is 0.551 bits per heavy atom. The van der Waals surface area contributed by atoms with Crippen LogP contribution in [0.3, 0.4) is 0 Å². The number of aromatic hydroxyl groups is 4. The molecular weight excluding hydrogens is 1190 g/mol. The average molecular weight is 1260 g/mol. The molecule has 19 unspecified atom stereocenters. The van der Waals surface area contributed by atoms with Gasteiger partial charge >= 0.3 is 23.3 Å². The molecule has 89 heavy (non-hydrogen) atoms. The predicted molar refractivity (Wildman–Crippen MR) is 294 cm³/mol. The fourth-order valence-corrected chi connectivity index (χ4v) is 9.76. The zero-order chi connectivity index (χ0) is 64.1. The number of hydrogen-bond donors (Lipinski definition) is 16. The molecule has 0 bridgehead atoms. The van der Waals surface area contributed by atoms with Crippen LogP contribution in [0, 0.1) is 0 Å². The second-order valence-corrected chi connectivity index (χ2v) is 20.7. The average Bonchev–Trinajstić information content (AvgIpc) is 1.14. The number of phenolic OH excluding ortho intramolecular Hbond substituents is 4. The standard InChI is InChI=1S/C58H64O31/c1-77-34-13-24(14-35(78-2)43(34)68)6-12-41(66)88-53-42(67)31(64)21-80-57(53)89-54-49(74)46(71)39(22-79-40(65)11-5-23-3-8-27(9-4-23)81-55-50(75)47(72)44(69)37(19-59)85-55)87-58(54)84-36-18-28-32(82-52(36)25-7-10-29(62)30(63)15-25)16-26(61)17-33(28)83-56-51(76)48(73)45(70)38(20-60)86-56/h3-18,31,37-39,42,44-51,53-60,64,67,69-76H,19-22H2,1-2H3,(H3-,61,62,63,66,68)/p+1. The maximum atomic E-state index is 13.5. The summed E-state index contributed by atoms with van der Waals surface area (Å²) in [6, 6.07) is 15.1. The number of esters is 2. The van der Waals surface area contributed by atoms with E-state index in [4.69, 9.17) is 61.3 Å². The van der Waals surface area contributed by atoms with Gasteiger partial charge in [-0.1, -0.05) is 12.1 Å². The summed E-state index contributed by atoms with van der Waals surface area (Å²) in [7, 11) is 2.55. The summed E-state index contributed by atoms with van der Waals surface area (Å²) >= 11 is 0. The van der Waals surface area contributed by atoms with Gasteiger partial charge in [-0.3, -0.25) is 0 Å². The SMILES string of the molecule is COc1cc(C=CC(=O)OC2C(OC3C(Oc4cc5c(OC6OC(CO)C(O)C(O)C6O)cc(O)cc5[o+]c4-c4ccc(O)c(O)c4)OC(COC(=O)C=Cc4ccc(OC5OC(CO)C(O)C(O)C5O)cc4)C(O)C3O)OCC(O)C2O)cc(OC)c1O. The minimum atomic E-state index is -2.18. The Morgan fingerprint density at radius 2 is 1.13 bits per heavy atom. The number of fused-ring (bicyclic) bond motifs is 1. The summed E-state index contributed by atoms with van der Waals surface area (Å²) in [4.78, 5) is 26.8. The van der Waals surface area contributed by atoms with Crippen LogP contribution in [0.1, 0.15) is 11.1 Å². The van der Waals surface area contributed by atoms with Gasteiger partial charge in [0, 0.05) is 30.4 Å². The van der Waals surface area contributed by atoms with Crippen molar-refractivity contribution >= 4 is 35.1 Å². The summed E-state index contributed by atoms with van der Waals surface area (Å²) in [5.41, 5.74) is 0.360. The Balaban J connectivity index is 1.02. The smallest absolute Gasteiger partial charge is 0.402 e. The fourth-order valence-electron chi connectivity index (χ4n) is 9.76. The highest BCUT2D eigenvalue weighted by molar-refractivity contribution is 5.90. The number of aliphatic hydroxyl groups is 12. The van der Waals surface area contributed by atoms with Crippen LogP contribution in [0.4, 0.5) is 0 Å². The highest BCUT2D eigenvalue weighted by Crippen LogP contribution is 2.44. The number of benzene rings is 4. The van der Waals surface area contributed by atoms with Crippen molar-refractivity contribution in [2.24, 2.45) is 0 Å². The van der Waals surface area contributed by atoms with Gasteiger partial charge in [0.2, 0.25) is 30.4 Å². The number of ether oxygens (including phenoxy) is 12. The zero-order valence-corrected chi connectivity index (χ0v) is 46.8. The summed E-state index contributed by atoms with van der Waals surface area (Å²) in [5.74, 6) is -5.41. The lowest BCUT2D eigenvalue weighted by atomic mass is 9.98. The molecule has 4 aromatic carbocycles. The first-order valence-electron chi connectivity index (χ1n) is 27.2. The van der Waals surface area contributed by atoms with Gasteiger partial charge in [0.05, 0.1) is 45.7 Å². The molecule has 19 atom stereocenters. The van der Waals surface area contributed by atoms with E-state index in [1.807, 2.05) is 0 Å². The third-order valence-corrected chi connectivity index (χ3v) is 14.7. The van der Waals surface area contributed by atoms with Crippen LogP contribution in [0.15, 0.2) is 89.4 Å². The lowest BCUT2D eigenvalue weighted by molar-refractivity contribution is -0.345. The molecule has 4 fully saturated rings. The molecule has 0 radical (unpaired) electrons. The van der Waals surface area contributed by atoms with Gasteiger partial charge in [0.25, 0.3) is 0 Å². The highest BCUT2D eigenvalue weighted by atomic mass is 16.8. The van der Waals surface area contributed by atoms with Crippen LogP contribution in [-0.2, 0) is 42.7 Å². The molecule has 5 aromatic rings. The monoisotopic (exact) mass is 1260 g/mol. The second kappa shape index (κ2) is 28.4. The molecule has 1 aromatic heterocycles. The topological polar surface area (TPSA) is 480 Å². The lowest BCUT2D eigenvalue weighted by Gasteiger charge is -2.45. The van der Waals surface area contributed by atoms with Crippen LogP contribution < -0.4 is 23.7 Å². The van der Waals surface area contributed by atoms with E-state index in [-0.39, 0.29) is 56.6 Å². The van der Waals surface area contributed by atoms with Crippen molar-refractivity contribution in [2.75, 3.05) is 40.6 Å². The fraction of sp³-hybridized carbons (Fsp3) is 0.431. The first kappa shape index (κ1) is 65.7. The quantitative estimate of drug-likeness (QED) is 0.0169. The Hall–Kier alpha value is -7.77. The van der Waals surface area contributed by atoms with E-state index in [9.17, 15) is 91.3 Å². The van der Waals surface area contributed by atoms with Crippen LogP contribution in [-0.4, -0.2) is 251 Å². The lowest BCUT2D eigenvalue weighted by Crippen LogP contribution is -2.64. The third-order valence-electron chi connectivity index (χ3n) is 14.7. The van der Waals surface area contributed by atoms with Gasteiger partial charge in [0.1, 0.15) is 109 Å². The van der Waals surface area contributed by atoms with E-state index in [0.717, 1.165) is 36.4 Å². The van der Waals surface area contributed by atoms with Gasteiger partial charge in [0.15, 0.2) is 41.5 Å². The molecular formula is C58H65O31+. The molecule has 0 saturated carbocycles. The van der Waals surface area contributed by atoms with Crippen LogP contribution in [0.25, 0.3) is 34.4 Å². The Morgan fingerprint density at radius 3 is 1.75 bits per heavy atom. The Labute approximate surface area is 502 Å². The largest absolute Gasteiger partial charge is 0.507 e. The van der Waals surface area contributed by atoms with Crippen LogP contribution in [0.2, 0.25) is 0 Å². The molecule has 4 aliphatic heterocycles. The van der Waals surface area contributed by atoms with Crippen LogP contribution in [0.5, 0.6) is 51.7 Å². The van der Waals surface area contributed by atoms with E-state index in [1.54, 1.807) is 0 Å². The molecule has 9 rings (SSSR count). The van der Waals surface area contributed by atoms with Gasteiger partial charge in [-0.25, -0.2) is 14.0 Å². The number of carbonyl (C=O) groups is 2. The number of aliphatic hydroxyl groups excluding tert-OH is 12. The van der Waals surface area contributed by atoms with E-state index in [2.05, 4.69) is 0 Å². The minimum Gasteiger partial charge on any atom is -0.507 e. The molecule has 31 nitrogen and oxygen atoms in total. The summed E-state index contributed by atoms with van der Waals surface area (Å²) in [6.07, 6.45) is -29.9. The van der Waals surface area contributed by atoms with Gasteiger partial charge in [-0.15, -0.1) is 0 Å². The van der Waals surface area contributed by atoms with Crippen molar-refractivity contribution in [3.05, 3.63) is 96.1 Å². The van der Waals surface area contributed by atoms with Crippen LogP contribution >= 0.6 is 0 Å². The molecule has 16 N–H and O–H groups in total. The Kier molecular flexibility index (Phi) is 20.9. The van der Waals surface area contributed by atoms with Gasteiger partial charge in [-0.2, -0.15) is 0 Å². The minimum absolute atomic E-state index is 0.0204. The maximum absolute atomic E-state index is 13.5. The first-order chi connectivity index (χ1) is 42.5. The van der Waals surface area contributed by atoms with Gasteiger partial charge in [-0.05, 0) is 59.7 Å². The first-order valence-corrected chi connectivity index (χ1v) is 27.2. The van der Waals surface area contributed by atoms with Crippen molar-refractivity contribution in [3.63, 3.8) is 0 Å². The highest BCUT2D eigenvalue weighted by Gasteiger charge is 2.53. The summed E-state index contributed by atoms with van der Waals surface area (Å²) < 4.78 is 74.7. The van der Waals surface area contributed by atoms with Crippen molar-refractivity contribution in [3.8, 4) is 63.1 Å². The zero-order valence-electron chi connectivity index (χ0n) is 46.8. The van der Waals surface area contributed by atoms with Gasteiger partial charge < -0.3 is 139 Å². The third kappa shape index (κ3) is 14.6. The maximum Gasteiger partial charge on any atom is 0.402 e. The van der Waals surface area contributed by atoms with E-state index < -0.39 is 178 Å². The van der Waals surface area contributed by atoms with E-state index in [1.165, 1.54) is 74.9 Å². The van der Waals surface area contributed by atoms with E-state index in [0.29, 0.717) is 5.56 Å². The molecule has 0 amide bonds. The molecule has 4 saturated heterocycles. The molecule has 5 heterocycles. The number of hydrogen-bond acceptors (Lipinski definition) is 30. The predicted octanol–water partition coefficient (Wildman–Crippen LogP) is -2.25. The Bertz CT molecular complexity index is 3300. The number of carbonyl (C=O) groups excluding carboxylic acids is 2. The molecule has 0 spiro atoms. The van der Waals surface area contributed by atoms with Crippen molar-refractivity contribution in [1.29, 1.82) is 0 Å². The summed E-state index contributed by atoms with van der Waals surface area (Å²) in [6.45, 7) is -3.03. The van der Waals surface area contributed by atoms with E-state index >= 15 is 0 Å². The molecule has 4 aliphatic rings. The normalized spacial score (nSPS) is 31.5. The number of rotatable bonds is 20. The molecule has 482 valence electrons. The second-order valence-electron chi connectivity index (χ2n) is 20.7. The molecule has 0 aliphatic carbocycles. The molecule has 31 heteroatoms. The van der Waals surface area contributed by atoms with Crippen molar-refractivity contribution < 1.29 is 153 Å². The summed E-state index contributed by atoms with van der Waals surface area (Å²) in [5, 5.41) is 170.